The van der Waals surface area contributed by atoms with E-state index in [4.69, 9.17) is 0 Å². The Morgan fingerprint density at radius 2 is 1.52 bits per heavy atom. The van der Waals surface area contributed by atoms with Gasteiger partial charge in [0.1, 0.15) is 0 Å². The van der Waals surface area contributed by atoms with E-state index >= 15 is 0 Å². The third kappa shape index (κ3) is 4.89. The van der Waals surface area contributed by atoms with Crippen LogP contribution >= 0.6 is 46.2 Å². The van der Waals surface area contributed by atoms with Gasteiger partial charge in [0.25, 0.3) is 0 Å². The Morgan fingerprint density at radius 1 is 0.931 bits per heavy atom. The van der Waals surface area contributed by atoms with Crippen molar-refractivity contribution in [3.8, 4) is 0 Å². The smallest absolute Gasteiger partial charge is 0.234 e. The van der Waals surface area contributed by atoms with Gasteiger partial charge in [0.15, 0.2) is 8.68 Å². The van der Waals surface area contributed by atoms with Crippen LogP contribution in [0.25, 0.3) is 20.4 Å². The van der Waals surface area contributed by atoms with Gasteiger partial charge in [0.05, 0.1) is 26.2 Å². The van der Waals surface area contributed by atoms with Crippen molar-refractivity contribution >= 4 is 89.8 Å². The lowest BCUT2D eigenvalue weighted by Crippen LogP contribution is -2.13. The highest BCUT2D eigenvalue weighted by Gasteiger charge is 2.10. The van der Waals surface area contributed by atoms with Crippen molar-refractivity contribution in [2.75, 3.05) is 22.6 Å². The average molecular weight is 461 g/mol. The van der Waals surface area contributed by atoms with E-state index in [2.05, 4.69) is 20.6 Å². The zero-order valence-corrected chi connectivity index (χ0v) is 18.8. The molecule has 0 aliphatic carbocycles. The normalized spacial score (nSPS) is 11.1. The molecule has 2 aromatic carbocycles. The molecule has 0 saturated carbocycles. The summed E-state index contributed by atoms with van der Waals surface area (Å²) >= 11 is 6.14. The molecular formula is C19H16N4O2S4. The predicted molar refractivity (Wildman–Crippen MR) is 125 cm³/mol. The molecule has 0 unspecified atom stereocenters. The van der Waals surface area contributed by atoms with Gasteiger partial charge in [-0.1, -0.05) is 23.5 Å². The second-order valence-corrected chi connectivity index (χ2v) is 10.4. The lowest BCUT2D eigenvalue weighted by molar-refractivity contribution is -0.114. The Labute approximate surface area is 183 Å². The van der Waals surface area contributed by atoms with Gasteiger partial charge in [0.2, 0.25) is 11.8 Å². The van der Waals surface area contributed by atoms with Crippen LogP contribution in [-0.2, 0) is 9.59 Å². The molecule has 10 heteroatoms. The lowest BCUT2D eigenvalue weighted by atomic mass is 10.3. The van der Waals surface area contributed by atoms with Crippen LogP contribution in [0.15, 0.2) is 45.1 Å². The van der Waals surface area contributed by atoms with Crippen molar-refractivity contribution in [3.63, 3.8) is 0 Å². The first-order valence-electron chi connectivity index (χ1n) is 8.55. The fraction of sp³-hybridized carbons (Fsp3) is 0.158. The Morgan fingerprint density at radius 3 is 2.14 bits per heavy atom. The minimum absolute atomic E-state index is 0.0813. The SMILES string of the molecule is CSc1nc2ccc(NC(=O)CSc3nc4ccc(NC(C)=O)cc4s3)cc2s1. The summed E-state index contributed by atoms with van der Waals surface area (Å²) in [5.74, 6) is 0.0818. The number of anilines is 2. The summed E-state index contributed by atoms with van der Waals surface area (Å²) in [6.07, 6.45) is 2.00. The van der Waals surface area contributed by atoms with E-state index in [1.54, 1.807) is 23.1 Å². The number of benzene rings is 2. The maximum atomic E-state index is 12.4. The standard InChI is InChI=1S/C19H16N4O2S4/c1-10(24)20-11-3-5-14-16(7-11)29-19(23-14)27-9-17(25)21-12-4-6-13-15(8-12)28-18(22-13)26-2/h3-8H,9H2,1-2H3,(H,20,24)(H,21,25). The van der Waals surface area contributed by atoms with Gasteiger partial charge in [-0.2, -0.15) is 0 Å². The zero-order valence-electron chi connectivity index (χ0n) is 15.5. The number of thioether (sulfide) groups is 2. The highest BCUT2D eigenvalue weighted by molar-refractivity contribution is 8.01. The van der Waals surface area contributed by atoms with E-state index in [0.717, 1.165) is 40.5 Å². The predicted octanol–water partition coefficient (Wildman–Crippen LogP) is 5.32. The molecule has 0 aliphatic rings. The van der Waals surface area contributed by atoms with Gasteiger partial charge in [-0.15, -0.1) is 22.7 Å². The van der Waals surface area contributed by atoms with E-state index < -0.39 is 0 Å². The summed E-state index contributed by atoms with van der Waals surface area (Å²) in [5.41, 5.74) is 3.31. The first kappa shape index (κ1) is 20.1. The number of hydrogen-bond acceptors (Lipinski definition) is 8. The third-order valence-electron chi connectivity index (χ3n) is 3.84. The van der Waals surface area contributed by atoms with Crippen molar-refractivity contribution in [2.24, 2.45) is 0 Å². The van der Waals surface area contributed by atoms with Crippen LogP contribution in [0, 0.1) is 0 Å². The minimum atomic E-state index is -0.110. The monoisotopic (exact) mass is 460 g/mol. The molecule has 0 spiro atoms. The summed E-state index contributed by atoms with van der Waals surface area (Å²) in [7, 11) is 0. The molecule has 0 bridgehead atoms. The highest BCUT2D eigenvalue weighted by Crippen LogP contribution is 2.32. The maximum absolute atomic E-state index is 12.4. The van der Waals surface area contributed by atoms with Gasteiger partial charge in [-0.3, -0.25) is 9.59 Å². The minimum Gasteiger partial charge on any atom is -0.326 e. The number of nitrogens with zero attached hydrogens (tertiary/aromatic N) is 2. The topological polar surface area (TPSA) is 84.0 Å². The molecule has 148 valence electrons. The quantitative estimate of drug-likeness (QED) is 0.379. The highest BCUT2D eigenvalue weighted by atomic mass is 32.2. The second kappa shape index (κ2) is 8.70. The molecule has 0 atom stereocenters. The second-order valence-electron chi connectivity index (χ2n) is 6.05. The van der Waals surface area contributed by atoms with E-state index in [-0.39, 0.29) is 17.6 Å². The first-order chi connectivity index (χ1) is 14.0. The van der Waals surface area contributed by atoms with Crippen molar-refractivity contribution in [1.82, 2.24) is 9.97 Å². The molecule has 2 aromatic heterocycles. The fourth-order valence-corrected chi connectivity index (χ4v) is 6.08. The van der Waals surface area contributed by atoms with E-state index in [1.165, 1.54) is 30.0 Å². The molecule has 2 N–H and O–H groups in total. The van der Waals surface area contributed by atoms with Gasteiger partial charge in [-0.05, 0) is 42.7 Å². The van der Waals surface area contributed by atoms with Crippen LogP contribution in [0.5, 0.6) is 0 Å². The maximum Gasteiger partial charge on any atom is 0.234 e. The number of rotatable bonds is 6. The van der Waals surface area contributed by atoms with Crippen molar-refractivity contribution in [1.29, 1.82) is 0 Å². The van der Waals surface area contributed by atoms with Crippen LogP contribution < -0.4 is 10.6 Å². The largest absolute Gasteiger partial charge is 0.326 e. The molecule has 29 heavy (non-hydrogen) atoms. The average Bonchev–Trinajstić information content (AvgIpc) is 3.28. The molecule has 4 aromatic rings. The molecular weight excluding hydrogens is 445 g/mol. The number of fused-ring (bicyclic) bond motifs is 2. The Hall–Kier alpha value is -2.14. The van der Waals surface area contributed by atoms with E-state index in [0.29, 0.717) is 0 Å². The summed E-state index contributed by atoms with van der Waals surface area (Å²) in [6, 6.07) is 11.3. The van der Waals surface area contributed by atoms with Crippen LogP contribution in [0.3, 0.4) is 0 Å². The molecule has 0 saturated heterocycles. The lowest BCUT2D eigenvalue weighted by Gasteiger charge is -2.03. The number of thiazole rings is 2. The summed E-state index contributed by atoms with van der Waals surface area (Å²) in [6.45, 7) is 1.48. The van der Waals surface area contributed by atoms with Crippen LogP contribution in [0.2, 0.25) is 0 Å². The molecule has 6 nitrogen and oxygen atoms in total. The number of carbonyl (C=O) groups is 2. The molecule has 0 radical (unpaired) electrons. The van der Waals surface area contributed by atoms with Crippen molar-refractivity contribution < 1.29 is 9.59 Å². The zero-order chi connectivity index (χ0) is 20.4. The summed E-state index contributed by atoms with van der Waals surface area (Å²) in [4.78, 5) is 32.6. The number of aromatic nitrogens is 2. The fourth-order valence-electron chi connectivity index (χ4n) is 2.64. The first-order valence-corrected chi connectivity index (χ1v) is 12.4. The number of carbonyl (C=O) groups excluding carboxylic acids is 2. The molecule has 2 amide bonds. The Kier molecular flexibility index (Phi) is 6.04. The van der Waals surface area contributed by atoms with Gasteiger partial charge in [0, 0.05) is 18.3 Å². The summed E-state index contributed by atoms with van der Waals surface area (Å²) < 4.78 is 3.86. The van der Waals surface area contributed by atoms with Crippen LogP contribution in [-0.4, -0.2) is 33.8 Å². The number of amides is 2. The molecule has 0 fully saturated rings. The van der Waals surface area contributed by atoms with Crippen LogP contribution in [0.1, 0.15) is 6.92 Å². The van der Waals surface area contributed by atoms with Crippen molar-refractivity contribution in [2.45, 2.75) is 15.6 Å². The van der Waals surface area contributed by atoms with Gasteiger partial charge >= 0.3 is 0 Å². The Balaban J connectivity index is 1.39. The van der Waals surface area contributed by atoms with Gasteiger partial charge < -0.3 is 10.6 Å². The number of hydrogen-bond donors (Lipinski definition) is 2. The summed E-state index contributed by atoms with van der Waals surface area (Å²) in [5, 5.41) is 5.70. The van der Waals surface area contributed by atoms with Gasteiger partial charge in [-0.25, -0.2) is 9.97 Å². The molecule has 0 aliphatic heterocycles. The van der Waals surface area contributed by atoms with Crippen molar-refractivity contribution in [3.05, 3.63) is 36.4 Å². The number of nitrogens with one attached hydrogen (secondary N) is 2. The van der Waals surface area contributed by atoms with E-state index in [1.807, 2.05) is 42.7 Å². The third-order valence-corrected chi connectivity index (χ3v) is 8.01. The Bertz CT molecular complexity index is 1220. The van der Waals surface area contributed by atoms with E-state index in [9.17, 15) is 9.59 Å². The van der Waals surface area contributed by atoms with Crippen LogP contribution in [0.4, 0.5) is 11.4 Å². The molecule has 4 rings (SSSR count). The molecule has 2 heterocycles.